The standard InChI is InChI=1S/C18H18N6O2S/c25-17(14-8-13(21-22-14)16-2-1-7-27-16)24-10-12-9-19-18(20-15(12)11-24)23-3-5-26-6-4-23/h1-2,7-9H,3-6,10-11H2,(H,21,22). The number of hydrogen-bond donors (Lipinski definition) is 1. The smallest absolute Gasteiger partial charge is 0.275 e. The van der Waals surface area contributed by atoms with Crippen LogP contribution in [0.25, 0.3) is 10.6 Å². The quantitative estimate of drug-likeness (QED) is 0.745. The van der Waals surface area contributed by atoms with E-state index in [0.717, 1.165) is 34.9 Å². The molecule has 0 unspecified atom stereocenters. The number of anilines is 1. The molecule has 1 N–H and O–H groups in total. The molecule has 3 aromatic heterocycles. The van der Waals surface area contributed by atoms with Gasteiger partial charge in [0.05, 0.1) is 36.0 Å². The van der Waals surface area contributed by atoms with Crippen molar-refractivity contribution in [3.8, 4) is 10.6 Å². The summed E-state index contributed by atoms with van der Waals surface area (Å²) < 4.78 is 5.38. The number of aromatic nitrogens is 4. The Hall–Kier alpha value is -2.78. The maximum absolute atomic E-state index is 12.9. The van der Waals surface area contributed by atoms with E-state index in [9.17, 15) is 4.79 Å². The minimum Gasteiger partial charge on any atom is -0.378 e. The number of carbonyl (C=O) groups is 1. The van der Waals surface area contributed by atoms with Crippen molar-refractivity contribution < 1.29 is 9.53 Å². The van der Waals surface area contributed by atoms with Gasteiger partial charge in [0.15, 0.2) is 5.69 Å². The highest BCUT2D eigenvalue weighted by Crippen LogP contribution is 2.26. The number of H-pyrrole nitrogens is 1. The maximum atomic E-state index is 12.9. The van der Waals surface area contributed by atoms with Crippen molar-refractivity contribution in [1.82, 2.24) is 25.1 Å². The first kappa shape index (κ1) is 16.4. The Labute approximate surface area is 159 Å². The van der Waals surface area contributed by atoms with Gasteiger partial charge in [0.1, 0.15) is 0 Å². The molecule has 2 aliphatic heterocycles. The van der Waals surface area contributed by atoms with Crippen LogP contribution in [0.3, 0.4) is 0 Å². The van der Waals surface area contributed by atoms with Crippen molar-refractivity contribution >= 4 is 23.2 Å². The second kappa shape index (κ2) is 6.75. The van der Waals surface area contributed by atoms with Crippen LogP contribution in [0.15, 0.2) is 29.8 Å². The van der Waals surface area contributed by atoms with Crippen LogP contribution in [0.2, 0.25) is 0 Å². The zero-order valence-electron chi connectivity index (χ0n) is 14.6. The summed E-state index contributed by atoms with van der Waals surface area (Å²) in [7, 11) is 0. The van der Waals surface area contributed by atoms with Crippen molar-refractivity contribution in [1.29, 1.82) is 0 Å². The van der Waals surface area contributed by atoms with E-state index >= 15 is 0 Å². The number of hydrogen-bond acceptors (Lipinski definition) is 7. The lowest BCUT2D eigenvalue weighted by molar-refractivity contribution is 0.0744. The minimum atomic E-state index is -0.0972. The number of ether oxygens (including phenoxy) is 1. The first-order valence-corrected chi connectivity index (χ1v) is 9.72. The monoisotopic (exact) mass is 382 g/mol. The summed E-state index contributed by atoms with van der Waals surface area (Å²) in [6, 6.07) is 5.78. The van der Waals surface area contributed by atoms with Gasteiger partial charge in [-0.15, -0.1) is 11.3 Å². The fourth-order valence-electron chi connectivity index (χ4n) is 3.35. The third-order valence-corrected chi connectivity index (χ3v) is 5.71. The fraction of sp³-hybridized carbons (Fsp3) is 0.333. The predicted octanol–water partition coefficient (Wildman–Crippen LogP) is 1.92. The molecular weight excluding hydrogens is 364 g/mol. The van der Waals surface area contributed by atoms with Crippen LogP contribution >= 0.6 is 11.3 Å². The fourth-order valence-corrected chi connectivity index (χ4v) is 4.05. The molecule has 0 bridgehead atoms. The maximum Gasteiger partial charge on any atom is 0.275 e. The van der Waals surface area contributed by atoms with Crippen LogP contribution in [0.5, 0.6) is 0 Å². The van der Waals surface area contributed by atoms with E-state index in [2.05, 4.69) is 25.1 Å². The Kier molecular flexibility index (Phi) is 4.10. The predicted molar refractivity (Wildman–Crippen MR) is 101 cm³/mol. The molecule has 1 fully saturated rings. The SMILES string of the molecule is O=C(c1cc(-c2cccs2)[nH]n1)N1Cc2cnc(N3CCOCC3)nc2C1. The third kappa shape index (κ3) is 3.08. The summed E-state index contributed by atoms with van der Waals surface area (Å²) >= 11 is 1.61. The van der Waals surface area contributed by atoms with E-state index in [1.807, 2.05) is 29.8 Å². The number of aromatic amines is 1. The molecule has 0 saturated carbocycles. The molecular formula is C18H18N6O2S. The van der Waals surface area contributed by atoms with Gasteiger partial charge in [-0.25, -0.2) is 9.97 Å². The average molecular weight is 382 g/mol. The number of morpholine rings is 1. The molecule has 0 spiro atoms. The Morgan fingerprint density at radius 2 is 2.15 bits per heavy atom. The number of thiophene rings is 1. The summed E-state index contributed by atoms with van der Waals surface area (Å²) in [5, 5.41) is 9.15. The van der Waals surface area contributed by atoms with E-state index in [1.165, 1.54) is 0 Å². The van der Waals surface area contributed by atoms with Crippen molar-refractivity contribution in [2.45, 2.75) is 13.1 Å². The lowest BCUT2D eigenvalue weighted by atomic mass is 10.3. The van der Waals surface area contributed by atoms with E-state index in [-0.39, 0.29) is 5.91 Å². The van der Waals surface area contributed by atoms with Gasteiger partial charge >= 0.3 is 0 Å². The summed E-state index contributed by atoms with van der Waals surface area (Å²) in [6.07, 6.45) is 1.84. The molecule has 1 saturated heterocycles. The van der Waals surface area contributed by atoms with Crippen LogP contribution in [0.1, 0.15) is 21.7 Å². The zero-order valence-corrected chi connectivity index (χ0v) is 15.4. The van der Waals surface area contributed by atoms with E-state index < -0.39 is 0 Å². The zero-order chi connectivity index (χ0) is 18.2. The van der Waals surface area contributed by atoms with E-state index in [4.69, 9.17) is 4.74 Å². The highest BCUT2D eigenvalue weighted by molar-refractivity contribution is 7.13. The number of fused-ring (bicyclic) bond motifs is 1. The summed E-state index contributed by atoms with van der Waals surface area (Å²) in [5.74, 6) is 0.617. The van der Waals surface area contributed by atoms with Crippen LogP contribution in [-0.4, -0.2) is 57.3 Å². The number of amides is 1. The molecule has 0 atom stereocenters. The molecule has 8 nitrogen and oxygen atoms in total. The summed E-state index contributed by atoms with van der Waals surface area (Å²) in [6.45, 7) is 3.96. The Morgan fingerprint density at radius 3 is 2.96 bits per heavy atom. The second-order valence-electron chi connectivity index (χ2n) is 6.55. The largest absolute Gasteiger partial charge is 0.378 e. The van der Waals surface area contributed by atoms with Gasteiger partial charge < -0.3 is 14.5 Å². The van der Waals surface area contributed by atoms with Gasteiger partial charge in [0.2, 0.25) is 5.95 Å². The molecule has 1 amide bonds. The molecule has 0 aromatic carbocycles. The number of rotatable bonds is 3. The normalized spacial score (nSPS) is 16.6. The first-order chi connectivity index (χ1) is 13.3. The number of nitrogens with one attached hydrogen (secondary N) is 1. The topological polar surface area (TPSA) is 87.2 Å². The van der Waals surface area contributed by atoms with Gasteiger partial charge in [0.25, 0.3) is 5.91 Å². The molecule has 9 heteroatoms. The Bertz CT molecular complexity index is 964. The van der Waals surface area contributed by atoms with Gasteiger partial charge in [-0.05, 0) is 17.5 Å². The van der Waals surface area contributed by atoms with Crippen LogP contribution in [-0.2, 0) is 17.8 Å². The van der Waals surface area contributed by atoms with E-state index in [1.54, 1.807) is 16.2 Å². The minimum absolute atomic E-state index is 0.0972. The molecule has 0 radical (unpaired) electrons. The highest BCUT2D eigenvalue weighted by Gasteiger charge is 2.28. The van der Waals surface area contributed by atoms with Crippen LogP contribution in [0.4, 0.5) is 5.95 Å². The molecule has 0 aliphatic carbocycles. The third-order valence-electron chi connectivity index (χ3n) is 4.81. The van der Waals surface area contributed by atoms with E-state index in [0.29, 0.717) is 37.9 Å². The van der Waals surface area contributed by atoms with Crippen LogP contribution < -0.4 is 4.90 Å². The van der Waals surface area contributed by atoms with Crippen molar-refractivity contribution in [2.24, 2.45) is 0 Å². The molecule has 27 heavy (non-hydrogen) atoms. The summed E-state index contributed by atoms with van der Waals surface area (Å²) in [4.78, 5) is 27.0. The summed E-state index contributed by atoms with van der Waals surface area (Å²) in [5.41, 5.74) is 3.19. The molecule has 3 aromatic rings. The van der Waals surface area contributed by atoms with Gasteiger partial charge in [-0.3, -0.25) is 9.89 Å². The molecule has 5 rings (SSSR count). The number of carbonyl (C=O) groups excluding carboxylic acids is 1. The second-order valence-corrected chi connectivity index (χ2v) is 7.49. The van der Waals surface area contributed by atoms with Gasteiger partial charge in [-0.1, -0.05) is 6.07 Å². The average Bonchev–Trinajstić information content (AvgIpc) is 3.47. The van der Waals surface area contributed by atoms with Gasteiger partial charge in [-0.2, -0.15) is 5.10 Å². The number of nitrogens with zero attached hydrogens (tertiary/aromatic N) is 5. The van der Waals surface area contributed by atoms with Crippen molar-refractivity contribution in [2.75, 3.05) is 31.2 Å². The van der Waals surface area contributed by atoms with Crippen molar-refractivity contribution in [3.05, 3.63) is 46.7 Å². The lowest BCUT2D eigenvalue weighted by Crippen LogP contribution is -2.37. The molecule has 5 heterocycles. The first-order valence-electron chi connectivity index (χ1n) is 8.84. The van der Waals surface area contributed by atoms with Crippen LogP contribution in [0, 0.1) is 0 Å². The lowest BCUT2D eigenvalue weighted by Gasteiger charge is -2.26. The highest BCUT2D eigenvalue weighted by atomic mass is 32.1. The van der Waals surface area contributed by atoms with Crippen molar-refractivity contribution in [3.63, 3.8) is 0 Å². The Balaban J connectivity index is 1.32. The molecule has 2 aliphatic rings. The van der Waals surface area contributed by atoms with Gasteiger partial charge in [0, 0.05) is 31.4 Å². The molecule has 138 valence electrons. The Morgan fingerprint density at radius 1 is 1.26 bits per heavy atom.